The fourth-order valence-corrected chi connectivity index (χ4v) is 1.61. The van der Waals surface area contributed by atoms with E-state index in [1.165, 1.54) is 5.56 Å². The molecule has 0 aromatic heterocycles. The van der Waals surface area contributed by atoms with Crippen LogP contribution in [-0.2, 0) is 6.42 Å². The van der Waals surface area contributed by atoms with Crippen LogP contribution in [0.5, 0.6) is 0 Å². The minimum absolute atomic E-state index is 0.788. The lowest BCUT2D eigenvalue weighted by Gasteiger charge is -1.98. The van der Waals surface area contributed by atoms with Gasteiger partial charge in [-0.1, -0.05) is 36.9 Å². The quantitative estimate of drug-likeness (QED) is 0.635. The Balaban J connectivity index is 1.98. The first-order chi connectivity index (χ1) is 8.78. The van der Waals surface area contributed by atoms with Crippen LogP contribution in [0.3, 0.4) is 0 Å². The minimum Gasteiger partial charge on any atom is -0.399 e. The average molecular weight is 236 g/mol. The zero-order valence-corrected chi connectivity index (χ0v) is 10.2. The third-order valence-corrected chi connectivity index (χ3v) is 2.68. The van der Waals surface area contributed by atoms with Gasteiger partial charge in [0.15, 0.2) is 0 Å². The Morgan fingerprint density at radius 3 is 2.28 bits per heavy atom. The van der Waals surface area contributed by atoms with Crippen molar-refractivity contribution in [2.24, 2.45) is 4.99 Å². The molecule has 0 aliphatic heterocycles. The molecule has 2 aromatic rings. The van der Waals surface area contributed by atoms with Gasteiger partial charge in [0.25, 0.3) is 0 Å². The summed E-state index contributed by atoms with van der Waals surface area (Å²) < 4.78 is 0. The molecule has 90 valence electrons. The number of hydrogen-bond donors (Lipinski definition) is 1. The van der Waals surface area contributed by atoms with E-state index >= 15 is 0 Å². The summed E-state index contributed by atoms with van der Waals surface area (Å²) in [4.78, 5) is 4.41. The maximum Gasteiger partial charge on any atom is 0.0626 e. The Kier molecular flexibility index (Phi) is 3.92. The van der Waals surface area contributed by atoms with Gasteiger partial charge in [-0.2, -0.15) is 0 Å². The van der Waals surface area contributed by atoms with Gasteiger partial charge < -0.3 is 5.73 Å². The van der Waals surface area contributed by atoms with Crippen LogP contribution in [0, 0.1) is 0 Å². The third kappa shape index (κ3) is 3.32. The number of nitrogen functional groups attached to an aromatic ring is 1. The molecule has 0 fully saturated rings. The molecule has 18 heavy (non-hydrogen) atoms. The molecule has 0 radical (unpaired) electrons. The van der Waals surface area contributed by atoms with E-state index in [0.717, 1.165) is 23.4 Å². The first-order valence-corrected chi connectivity index (χ1v) is 5.87. The van der Waals surface area contributed by atoms with Crippen LogP contribution < -0.4 is 5.73 Å². The van der Waals surface area contributed by atoms with Gasteiger partial charge in [0.1, 0.15) is 0 Å². The monoisotopic (exact) mass is 236 g/mol. The van der Waals surface area contributed by atoms with Gasteiger partial charge in [-0.05, 0) is 35.4 Å². The summed E-state index contributed by atoms with van der Waals surface area (Å²) in [5, 5.41) is 0. The van der Waals surface area contributed by atoms with E-state index in [9.17, 15) is 0 Å². The smallest absolute Gasteiger partial charge is 0.0626 e. The van der Waals surface area contributed by atoms with Crippen molar-refractivity contribution in [3.63, 3.8) is 0 Å². The molecule has 0 saturated heterocycles. The summed E-state index contributed by atoms with van der Waals surface area (Å²) in [5.41, 5.74) is 9.68. The van der Waals surface area contributed by atoms with Crippen molar-refractivity contribution in [3.05, 3.63) is 66.2 Å². The molecule has 0 heterocycles. The van der Waals surface area contributed by atoms with Gasteiger partial charge in [-0.15, -0.1) is 0 Å². The predicted octanol–water partition coefficient (Wildman–Crippen LogP) is 3.86. The van der Waals surface area contributed by atoms with Crippen molar-refractivity contribution < 1.29 is 0 Å². The van der Waals surface area contributed by atoms with Crippen molar-refractivity contribution in [2.75, 3.05) is 5.73 Å². The van der Waals surface area contributed by atoms with E-state index in [0.29, 0.717) is 0 Å². The zero-order chi connectivity index (χ0) is 12.8. The second-order valence-corrected chi connectivity index (χ2v) is 4.05. The second kappa shape index (κ2) is 5.82. The molecule has 0 aliphatic rings. The number of aliphatic imine (C=N–C) groups is 1. The molecular formula is C16H16N2. The lowest BCUT2D eigenvalue weighted by molar-refractivity contribution is 1.34. The molecule has 0 saturated carbocycles. The summed E-state index contributed by atoms with van der Waals surface area (Å²) in [5.74, 6) is 0. The zero-order valence-electron chi connectivity index (χ0n) is 10.2. The topological polar surface area (TPSA) is 38.4 Å². The molecular weight excluding hydrogens is 220 g/mol. The molecule has 0 aliphatic carbocycles. The van der Waals surface area contributed by atoms with Crippen molar-refractivity contribution >= 4 is 23.7 Å². The van der Waals surface area contributed by atoms with Crippen molar-refractivity contribution in [2.45, 2.75) is 6.42 Å². The molecule has 0 atom stereocenters. The Bertz CT molecular complexity index is 536. The minimum atomic E-state index is 0.788. The fraction of sp³-hybridized carbons (Fsp3) is 0.0625. The van der Waals surface area contributed by atoms with Gasteiger partial charge >= 0.3 is 0 Å². The predicted molar refractivity (Wildman–Crippen MR) is 79.2 cm³/mol. The van der Waals surface area contributed by atoms with Gasteiger partial charge in [0.2, 0.25) is 0 Å². The normalized spacial score (nSPS) is 10.7. The molecule has 2 nitrogen and oxygen atoms in total. The molecule has 2 N–H and O–H groups in total. The Hall–Kier alpha value is -2.35. The lowest BCUT2D eigenvalue weighted by atomic mass is 10.1. The van der Waals surface area contributed by atoms with Gasteiger partial charge in [0.05, 0.1) is 5.69 Å². The molecule has 0 unspecified atom stereocenters. The highest BCUT2D eigenvalue weighted by molar-refractivity contribution is 5.67. The van der Waals surface area contributed by atoms with Gasteiger partial charge in [-0.25, -0.2) is 0 Å². The molecule has 0 amide bonds. The number of hydrogen-bond acceptors (Lipinski definition) is 2. The Labute approximate surface area is 107 Å². The van der Waals surface area contributed by atoms with E-state index in [4.69, 9.17) is 5.73 Å². The Morgan fingerprint density at radius 1 is 1.00 bits per heavy atom. The number of benzene rings is 2. The highest BCUT2D eigenvalue weighted by Gasteiger charge is 1.91. The lowest BCUT2D eigenvalue weighted by Crippen LogP contribution is -1.88. The first-order valence-electron chi connectivity index (χ1n) is 5.87. The van der Waals surface area contributed by atoms with E-state index < -0.39 is 0 Å². The standard InChI is InChI=1S/C16H16N2/c1-2-13-5-9-16(10-6-13)18-12-11-14-3-7-15(17)8-4-14/h2-10,12H,1,11,17H2. The van der Waals surface area contributed by atoms with E-state index in [1.807, 2.05) is 60.8 Å². The average Bonchev–Trinajstić information content (AvgIpc) is 2.42. The second-order valence-electron chi connectivity index (χ2n) is 4.05. The number of nitrogens with zero attached hydrogens (tertiary/aromatic N) is 1. The number of rotatable bonds is 4. The van der Waals surface area contributed by atoms with Crippen LogP contribution in [0.4, 0.5) is 11.4 Å². The molecule has 2 aromatic carbocycles. The van der Waals surface area contributed by atoms with Crippen LogP contribution in [0.25, 0.3) is 6.08 Å². The first kappa shape index (κ1) is 12.1. The van der Waals surface area contributed by atoms with E-state index in [1.54, 1.807) is 0 Å². The summed E-state index contributed by atoms with van der Waals surface area (Å²) in [6, 6.07) is 15.8. The molecule has 0 bridgehead atoms. The van der Waals surface area contributed by atoms with Crippen LogP contribution in [0.15, 0.2) is 60.1 Å². The number of nitrogens with two attached hydrogens (primary N) is 1. The van der Waals surface area contributed by atoms with Crippen molar-refractivity contribution in [3.8, 4) is 0 Å². The molecule has 0 spiro atoms. The maximum absolute atomic E-state index is 5.63. The molecule has 2 rings (SSSR count). The highest BCUT2D eigenvalue weighted by atomic mass is 14.7. The van der Waals surface area contributed by atoms with Crippen LogP contribution in [0.2, 0.25) is 0 Å². The van der Waals surface area contributed by atoms with Crippen molar-refractivity contribution in [1.82, 2.24) is 0 Å². The van der Waals surface area contributed by atoms with E-state index in [2.05, 4.69) is 11.6 Å². The fourth-order valence-electron chi connectivity index (χ4n) is 1.61. The van der Waals surface area contributed by atoms with E-state index in [-0.39, 0.29) is 0 Å². The summed E-state index contributed by atoms with van der Waals surface area (Å²) in [7, 11) is 0. The summed E-state index contributed by atoms with van der Waals surface area (Å²) in [6.45, 7) is 3.72. The summed E-state index contributed by atoms with van der Waals surface area (Å²) >= 11 is 0. The number of anilines is 1. The van der Waals surface area contributed by atoms with Crippen LogP contribution in [0.1, 0.15) is 11.1 Å². The van der Waals surface area contributed by atoms with Gasteiger partial charge in [0, 0.05) is 18.3 Å². The largest absolute Gasteiger partial charge is 0.399 e. The SMILES string of the molecule is C=Cc1ccc(N=CCc2ccc(N)cc2)cc1. The summed E-state index contributed by atoms with van der Waals surface area (Å²) in [6.07, 6.45) is 4.54. The maximum atomic E-state index is 5.63. The third-order valence-electron chi connectivity index (χ3n) is 2.68. The highest BCUT2D eigenvalue weighted by Crippen LogP contribution is 2.13. The Morgan fingerprint density at radius 2 is 1.67 bits per heavy atom. The van der Waals surface area contributed by atoms with Crippen molar-refractivity contribution in [1.29, 1.82) is 0 Å². The van der Waals surface area contributed by atoms with Crippen LogP contribution in [-0.4, -0.2) is 6.21 Å². The molecule has 2 heteroatoms. The van der Waals surface area contributed by atoms with Crippen LogP contribution >= 0.6 is 0 Å². The van der Waals surface area contributed by atoms with Gasteiger partial charge in [-0.3, -0.25) is 4.99 Å².